The quantitative estimate of drug-likeness (QED) is 0.671. The van der Waals surface area contributed by atoms with Gasteiger partial charge >= 0.3 is 0 Å². The number of nitro benzene ring substituents is 1. The number of amides is 1. The highest BCUT2D eigenvalue weighted by atomic mass is 32.2. The summed E-state index contributed by atoms with van der Waals surface area (Å²) in [6.07, 6.45) is 3.09. The number of rotatable bonds is 4. The zero-order valence-electron chi connectivity index (χ0n) is 10.6. The number of hydrogen-bond acceptors (Lipinski definition) is 5. The van der Waals surface area contributed by atoms with Crippen LogP contribution in [0.1, 0.15) is 25.7 Å². The van der Waals surface area contributed by atoms with E-state index in [1.54, 1.807) is 0 Å². The molecule has 0 aromatic heterocycles. The molecule has 1 aliphatic rings. The monoisotopic (exact) mass is 298 g/mol. The van der Waals surface area contributed by atoms with Gasteiger partial charge in [0.1, 0.15) is 0 Å². The van der Waals surface area contributed by atoms with E-state index in [9.17, 15) is 23.3 Å². The highest BCUT2D eigenvalue weighted by molar-refractivity contribution is 7.90. The summed E-state index contributed by atoms with van der Waals surface area (Å²) in [5, 5.41) is 10.8. The van der Waals surface area contributed by atoms with Gasteiger partial charge in [-0.25, -0.2) is 13.1 Å². The number of hydrogen-bond donors (Lipinski definition) is 1. The van der Waals surface area contributed by atoms with Crippen molar-refractivity contribution in [2.24, 2.45) is 5.92 Å². The van der Waals surface area contributed by atoms with Crippen molar-refractivity contribution in [1.82, 2.24) is 4.72 Å². The third-order valence-corrected chi connectivity index (χ3v) is 4.71. The van der Waals surface area contributed by atoms with Crippen molar-refractivity contribution in [3.63, 3.8) is 0 Å². The summed E-state index contributed by atoms with van der Waals surface area (Å²) in [7, 11) is -4.21. The van der Waals surface area contributed by atoms with Crippen LogP contribution in [0.4, 0.5) is 5.69 Å². The summed E-state index contributed by atoms with van der Waals surface area (Å²) in [5.41, 5.74) is -0.542. The summed E-state index contributed by atoms with van der Waals surface area (Å²) in [6, 6.07) is 4.95. The molecule has 0 radical (unpaired) electrons. The van der Waals surface area contributed by atoms with Crippen LogP contribution in [0, 0.1) is 16.0 Å². The molecule has 1 N–H and O–H groups in total. The second-order valence-electron chi connectivity index (χ2n) is 4.68. The maximum atomic E-state index is 12.1. The van der Waals surface area contributed by atoms with Gasteiger partial charge in [0.2, 0.25) is 5.91 Å². The Hall–Kier alpha value is -1.96. The van der Waals surface area contributed by atoms with Gasteiger partial charge < -0.3 is 0 Å². The predicted molar refractivity (Wildman–Crippen MR) is 70.4 cm³/mol. The summed E-state index contributed by atoms with van der Waals surface area (Å²) >= 11 is 0. The van der Waals surface area contributed by atoms with Crippen LogP contribution in [0.5, 0.6) is 0 Å². The first-order chi connectivity index (χ1) is 9.42. The Kier molecular flexibility index (Phi) is 4.03. The molecule has 8 heteroatoms. The Morgan fingerprint density at radius 1 is 1.25 bits per heavy atom. The zero-order chi connectivity index (χ0) is 14.8. The van der Waals surface area contributed by atoms with E-state index in [2.05, 4.69) is 0 Å². The fourth-order valence-electron chi connectivity index (χ4n) is 2.29. The lowest BCUT2D eigenvalue weighted by atomic mass is 10.1. The number of para-hydroxylation sites is 1. The number of carbonyl (C=O) groups excluding carboxylic acids is 1. The average molecular weight is 298 g/mol. The summed E-state index contributed by atoms with van der Waals surface area (Å²) in [6.45, 7) is 0. The van der Waals surface area contributed by atoms with E-state index >= 15 is 0 Å². The third kappa shape index (κ3) is 2.96. The van der Waals surface area contributed by atoms with Crippen molar-refractivity contribution >= 4 is 21.6 Å². The Morgan fingerprint density at radius 3 is 2.45 bits per heavy atom. The molecule has 0 saturated heterocycles. The molecule has 0 atom stereocenters. The molecule has 108 valence electrons. The van der Waals surface area contributed by atoms with Crippen LogP contribution in [0.2, 0.25) is 0 Å². The van der Waals surface area contributed by atoms with Gasteiger partial charge in [-0.2, -0.15) is 0 Å². The van der Waals surface area contributed by atoms with Crippen LogP contribution in [0.3, 0.4) is 0 Å². The first-order valence-electron chi connectivity index (χ1n) is 6.22. The van der Waals surface area contributed by atoms with Gasteiger partial charge in [0.05, 0.1) is 4.92 Å². The second-order valence-corrected chi connectivity index (χ2v) is 6.33. The van der Waals surface area contributed by atoms with Gasteiger partial charge in [0.15, 0.2) is 4.90 Å². The molecule has 1 aromatic carbocycles. The van der Waals surface area contributed by atoms with Gasteiger partial charge in [-0.15, -0.1) is 0 Å². The minimum absolute atomic E-state index is 0.326. The topological polar surface area (TPSA) is 106 Å². The van der Waals surface area contributed by atoms with Gasteiger partial charge in [-0.1, -0.05) is 25.0 Å². The Bertz CT molecular complexity index is 635. The molecule has 1 amide bonds. The minimum atomic E-state index is -4.21. The molecule has 20 heavy (non-hydrogen) atoms. The van der Waals surface area contributed by atoms with Crippen LogP contribution in [-0.2, 0) is 14.8 Å². The highest BCUT2D eigenvalue weighted by Gasteiger charge is 2.30. The summed E-state index contributed by atoms with van der Waals surface area (Å²) < 4.78 is 26.1. The van der Waals surface area contributed by atoms with E-state index < -0.39 is 31.4 Å². The lowest BCUT2D eigenvalue weighted by molar-refractivity contribution is -0.387. The molecule has 0 aliphatic heterocycles. The number of sulfonamides is 1. The van der Waals surface area contributed by atoms with E-state index in [0.29, 0.717) is 12.8 Å². The third-order valence-electron chi connectivity index (χ3n) is 3.31. The molecule has 7 nitrogen and oxygen atoms in total. The SMILES string of the molecule is O=C(NS(=O)(=O)c1ccccc1[N+](=O)[O-])C1CCCC1. The van der Waals surface area contributed by atoms with E-state index in [4.69, 9.17) is 0 Å². The van der Waals surface area contributed by atoms with E-state index in [0.717, 1.165) is 25.0 Å². The highest BCUT2D eigenvalue weighted by Crippen LogP contribution is 2.27. The summed E-state index contributed by atoms with van der Waals surface area (Å²) in [4.78, 5) is 21.4. The first-order valence-corrected chi connectivity index (χ1v) is 7.70. The maximum Gasteiger partial charge on any atom is 0.289 e. The average Bonchev–Trinajstić information content (AvgIpc) is 2.92. The largest absolute Gasteiger partial charge is 0.289 e. The standard InChI is InChI=1S/C12H14N2O5S/c15-12(9-5-1-2-6-9)13-20(18,19)11-8-4-3-7-10(11)14(16)17/h3-4,7-9H,1-2,5-6H2,(H,13,15). The fraction of sp³-hybridized carbons (Fsp3) is 0.417. The lowest BCUT2D eigenvalue weighted by Crippen LogP contribution is -2.35. The van der Waals surface area contributed by atoms with Crippen LogP contribution >= 0.6 is 0 Å². The van der Waals surface area contributed by atoms with E-state index in [1.807, 2.05) is 4.72 Å². The molecule has 1 aliphatic carbocycles. The Morgan fingerprint density at radius 2 is 1.85 bits per heavy atom. The molecular weight excluding hydrogens is 284 g/mol. The summed E-state index contributed by atoms with van der Waals surface area (Å²) in [5.74, 6) is -0.909. The fourth-order valence-corrected chi connectivity index (χ4v) is 3.51. The molecule has 1 saturated carbocycles. The number of nitrogens with zero attached hydrogens (tertiary/aromatic N) is 1. The maximum absolute atomic E-state index is 12.1. The van der Waals surface area contributed by atoms with Gasteiger partial charge in [-0.05, 0) is 18.9 Å². The molecule has 1 aromatic rings. The predicted octanol–water partition coefficient (Wildman–Crippen LogP) is 1.59. The van der Waals surface area contributed by atoms with Crippen LogP contribution in [0.25, 0.3) is 0 Å². The van der Waals surface area contributed by atoms with Crippen molar-refractivity contribution in [2.45, 2.75) is 30.6 Å². The molecular formula is C12H14N2O5S. The number of carbonyl (C=O) groups is 1. The molecule has 0 spiro atoms. The normalized spacial score (nSPS) is 16.0. The molecule has 2 rings (SSSR count). The van der Waals surface area contributed by atoms with Crippen LogP contribution < -0.4 is 4.72 Å². The minimum Gasteiger partial charge on any atom is -0.274 e. The van der Waals surface area contributed by atoms with Crippen molar-refractivity contribution in [3.05, 3.63) is 34.4 Å². The van der Waals surface area contributed by atoms with Crippen LogP contribution in [-0.4, -0.2) is 19.2 Å². The van der Waals surface area contributed by atoms with Gasteiger partial charge in [0.25, 0.3) is 15.7 Å². The van der Waals surface area contributed by atoms with Crippen molar-refractivity contribution in [3.8, 4) is 0 Å². The molecule has 0 unspecified atom stereocenters. The van der Waals surface area contributed by atoms with Gasteiger partial charge in [0, 0.05) is 12.0 Å². The van der Waals surface area contributed by atoms with E-state index in [1.165, 1.54) is 12.1 Å². The number of nitro groups is 1. The first kappa shape index (κ1) is 14.4. The van der Waals surface area contributed by atoms with E-state index in [-0.39, 0.29) is 5.92 Å². The van der Waals surface area contributed by atoms with Crippen LogP contribution in [0.15, 0.2) is 29.2 Å². The van der Waals surface area contributed by atoms with Crippen molar-refractivity contribution < 1.29 is 18.1 Å². The smallest absolute Gasteiger partial charge is 0.274 e. The Labute approximate surface area is 116 Å². The van der Waals surface area contributed by atoms with Crippen molar-refractivity contribution in [1.29, 1.82) is 0 Å². The molecule has 1 fully saturated rings. The number of benzene rings is 1. The second kappa shape index (κ2) is 5.58. The van der Waals surface area contributed by atoms with Crippen molar-refractivity contribution in [2.75, 3.05) is 0 Å². The molecule has 0 heterocycles. The lowest BCUT2D eigenvalue weighted by Gasteiger charge is -2.11. The van der Waals surface area contributed by atoms with Gasteiger partial charge in [-0.3, -0.25) is 14.9 Å². The number of nitrogens with one attached hydrogen (secondary N) is 1. The zero-order valence-corrected chi connectivity index (χ0v) is 11.4. The molecule has 0 bridgehead atoms. The Balaban J connectivity index is 2.26.